The maximum atomic E-state index is 3.49. The molecular formula is C5H13ClMg. The fourth-order valence-electron chi connectivity index (χ4n) is 0. The van der Waals surface area contributed by atoms with Gasteiger partial charge in [-0.05, 0) is 0 Å². The van der Waals surface area contributed by atoms with Crippen LogP contribution in [0.25, 0.3) is 0 Å². The van der Waals surface area contributed by atoms with E-state index in [0.29, 0.717) is 0 Å². The summed E-state index contributed by atoms with van der Waals surface area (Å²) in [5.74, 6) is 0. The molecule has 0 heterocycles. The van der Waals surface area contributed by atoms with Gasteiger partial charge in [0.25, 0.3) is 0 Å². The maximum absolute atomic E-state index is 3.49. The molecule has 0 amide bonds. The second-order valence-corrected chi connectivity index (χ2v) is 0.500. The van der Waals surface area contributed by atoms with Crippen LogP contribution in [0.5, 0.6) is 0 Å². The average Bonchev–Trinajstić information content (AvgIpc) is 1.46. The molecule has 0 rings (SSSR count). The molecule has 0 aromatic carbocycles. The first-order valence-electron chi connectivity index (χ1n) is 1.91. The van der Waals surface area contributed by atoms with Gasteiger partial charge < -0.3 is 13.8 Å². The van der Waals surface area contributed by atoms with E-state index in [9.17, 15) is 0 Å². The van der Waals surface area contributed by atoms with Gasteiger partial charge in [0.15, 0.2) is 0 Å². The number of rotatable bonds is 0. The standard InChI is InChI=1S/C3H7.C2H5.ClH.Mg/c1-3-2;1-2;;/h1,3H2,2H3;1H2,2H3;1H;/q2*-1;;+2. The molecule has 0 fully saturated rings. The Hall–Kier alpha value is 1.06. The second kappa shape index (κ2) is 61.2. The Balaban J connectivity index is -0.0000000105. The van der Waals surface area contributed by atoms with Gasteiger partial charge in [0.2, 0.25) is 0 Å². The molecule has 0 saturated carbocycles. The predicted molar refractivity (Wildman–Crippen MR) is 39.7 cm³/mol. The van der Waals surface area contributed by atoms with E-state index < -0.39 is 0 Å². The van der Waals surface area contributed by atoms with Gasteiger partial charge in [0.1, 0.15) is 0 Å². The zero-order valence-electron chi connectivity index (χ0n) is 5.24. The van der Waals surface area contributed by atoms with Crippen molar-refractivity contribution in [3.8, 4) is 0 Å². The van der Waals surface area contributed by atoms with Crippen molar-refractivity contribution in [3.63, 3.8) is 0 Å². The molecule has 7 heavy (non-hydrogen) atoms. The minimum atomic E-state index is 0. The number of hydrogen-bond acceptors (Lipinski definition) is 0. The Labute approximate surface area is 69.6 Å². The average molecular weight is 133 g/mol. The largest absolute Gasteiger partial charge is 2.00 e. The fraction of sp³-hybridized carbons (Fsp3) is 0.600. The molecule has 0 unspecified atom stereocenters. The van der Waals surface area contributed by atoms with E-state index in [2.05, 4.69) is 13.8 Å². The third-order valence-corrected chi connectivity index (χ3v) is 0. The summed E-state index contributed by atoms with van der Waals surface area (Å²) in [7, 11) is 0. The summed E-state index contributed by atoms with van der Waals surface area (Å²) in [5, 5.41) is 0. The van der Waals surface area contributed by atoms with Crippen LogP contribution in [0.3, 0.4) is 0 Å². The van der Waals surface area contributed by atoms with E-state index in [0.717, 1.165) is 6.42 Å². The van der Waals surface area contributed by atoms with E-state index in [1.54, 1.807) is 6.92 Å². The van der Waals surface area contributed by atoms with Crippen molar-refractivity contribution in [2.75, 3.05) is 0 Å². The van der Waals surface area contributed by atoms with Crippen LogP contribution in [0.15, 0.2) is 0 Å². The Bertz CT molecular complexity index is 8.04. The van der Waals surface area contributed by atoms with Gasteiger partial charge in [-0.1, -0.05) is 6.92 Å². The molecule has 0 nitrogen and oxygen atoms in total. The van der Waals surface area contributed by atoms with Crippen molar-refractivity contribution in [3.05, 3.63) is 13.8 Å². The monoisotopic (exact) mass is 132 g/mol. The van der Waals surface area contributed by atoms with Crippen LogP contribution >= 0.6 is 12.4 Å². The van der Waals surface area contributed by atoms with Crippen molar-refractivity contribution in [2.24, 2.45) is 0 Å². The van der Waals surface area contributed by atoms with Crippen LogP contribution in [0, 0.1) is 13.8 Å². The third-order valence-electron chi connectivity index (χ3n) is 0. The maximum Gasteiger partial charge on any atom is 2.00 e. The molecule has 0 aliphatic heterocycles. The van der Waals surface area contributed by atoms with Crippen LogP contribution < -0.4 is 0 Å². The summed E-state index contributed by atoms with van der Waals surface area (Å²) in [6.07, 6.45) is 1.00. The number of halogens is 1. The number of hydrogen-bond donors (Lipinski definition) is 0. The summed E-state index contributed by atoms with van der Waals surface area (Å²) in [5.41, 5.74) is 0. The van der Waals surface area contributed by atoms with Crippen LogP contribution in [-0.2, 0) is 0 Å². The Morgan fingerprint density at radius 1 is 1.29 bits per heavy atom. The van der Waals surface area contributed by atoms with E-state index in [1.165, 1.54) is 0 Å². The normalized spacial score (nSPS) is 3.43. The minimum absolute atomic E-state index is 0. The molecule has 0 spiro atoms. The first-order valence-corrected chi connectivity index (χ1v) is 1.91. The first-order chi connectivity index (χ1) is 2.41. The van der Waals surface area contributed by atoms with E-state index >= 15 is 0 Å². The topological polar surface area (TPSA) is 0 Å². The van der Waals surface area contributed by atoms with E-state index in [4.69, 9.17) is 0 Å². The summed E-state index contributed by atoms with van der Waals surface area (Å²) in [6.45, 7) is 10.5. The molecule has 0 bridgehead atoms. The molecule has 0 aliphatic carbocycles. The molecule has 0 atom stereocenters. The molecule has 42 valence electrons. The van der Waals surface area contributed by atoms with Gasteiger partial charge in [-0.2, -0.15) is 13.3 Å². The molecular weight excluding hydrogens is 120 g/mol. The zero-order valence-corrected chi connectivity index (χ0v) is 7.47. The molecule has 0 aromatic heterocycles. The van der Waals surface area contributed by atoms with Crippen molar-refractivity contribution < 1.29 is 0 Å². The van der Waals surface area contributed by atoms with Gasteiger partial charge >= 0.3 is 23.1 Å². The second-order valence-electron chi connectivity index (χ2n) is 0.500. The Kier molecular flexibility index (Phi) is 213. The minimum Gasteiger partial charge on any atom is -0.346 e. The van der Waals surface area contributed by atoms with Crippen LogP contribution in [0.2, 0.25) is 0 Å². The molecule has 0 aliphatic rings. The van der Waals surface area contributed by atoms with E-state index in [1.807, 2.05) is 6.92 Å². The quantitative estimate of drug-likeness (QED) is 0.350. The van der Waals surface area contributed by atoms with Crippen molar-refractivity contribution in [1.82, 2.24) is 0 Å². The molecule has 0 N–H and O–H groups in total. The van der Waals surface area contributed by atoms with Crippen molar-refractivity contribution in [2.45, 2.75) is 20.3 Å². The van der Waals surface area contributed by atoms with Crippen molar-refractivity contribution >= 4 is 35.5 Å². The molecule has 2 heteroatoms. The van der Waals surface area contributed by atoms with E-state index in [-0.39, 0.29) is 35.5 Å². The summed E-state index contributed by atoms with van der Waals surface area (Å²) in [4.78, 5) is 0. The van der Waals surface area contributed by atoms with Crippen LogP contribution in [0.4, 0.5) is 0 Å². The molecule has 0 aromatic rings. The zero-order chi connectivity index (χ0) is 4.71. The molecule has 0 saturated heterocycles. The SMILES string of the molecule is Cl.[CH2-]C.[CH2-]CC.[Mg+2]. The first kappa shape index (κ1) is 24.4. The summed E-state index contributed by atoms with van der Waals surface area (Å²) < 4.78 is 0. The van der Waals surface area contributed by atoms with Crippen molar-refractivity contribution in [1.29, 1.82) is 0 Å². The van der Waals surface area contributed by atoms with Gasteiger partial charge in [-0.25, -0.2) is 0 Å². The van der Waals surface area contributed by atoms with Gasteiger partial charge in [0, 0.05) is 0 Å². The van der Waals surface area contributed by atoms with Gasteiger partial charge in [-0.3, -0.25) is 0 Å². The summed E-state index contributed by atoms with van der Waals surface area (Å²) >= 11 is 0. The van der Waals surface area contributed by atoms with Crippen LogP contribution in [-0.4, -0.2) is 23.1 Å². The Morgan fingerprint density at radius 2 is 1.29 bits per heavy atom. The predicted octanol–water partition coefficient (Wildman–Crippen LogP) is 2.11. The third kappa shape index (κ3) is 162. The van der Waals surface area contributed by atoms with Gasteiger partial charge in [0.05, 0.1) is 0 Å². The van der Waals surface area contributed by atoms with Gasteiger partial charge in [-0.15, -0.1) is 12.4 Å². The Morgan fingerprint density at radius 3 is 1.29 bits per heavy atom. The molecule has 0 radical (unpaired) electrons. The fourth-order valence-corrected chi connectivity index (χ4v) is 0. The summed E-state index contributed by atoms with van der Waals surface area (Å²) in [6, 6.07) is 0. The van der Waals surface area contributed by atoms with Crippen LogP contribution in [0.1, 0.15) is 20.3 Å². The smallest absolute Gasteiger partial charge is 0.346 e.